The van der Waals surface area contributed by atoms with Gasteiger partial charge < -0.3 is 4.74 Å². The summed E-state index contributed by atoms with van der Waals surface area (Å²) in [6.07, 6.45) is 6.96. The standard InChI is InChI=1S/C17H24N2O2/c1-3-5-13-8-10-15(11-9-13)18-19-17(20)14-6-4-7-16(12-14)21-2/h4,6-7,12-13H,3,5,8-11H2,1-2H3,(H,19,20). The van der Waals surface area contributed by atoms with Crippen molar-refractivity contribution in [3.05, 3.63) is 29.8 Å². The highest BCUT2D eigenvalue weighted by molar-refractivity contribution is 5.95. The SMILES string of the molecule is CCCC1CCC(=NNC(=O)c2cccc(OC)c2)CC1. The number of amides is 1. The fourth-order valence-electron chi connectivity index (χ4n) is 2.78. The van der Waals surface area contributed by atoms with Crippen molar-refractivity contribution in [2.24, 2.45) is 11.0 Å². The van der Waals surface area contributed by atoms with Crippen LogP contribution >= 0.6 is 0 Å². The third kappa shape index (κ3) is 4.59. The van der Waals surface area contributed by atoms with Gasteiger partial charge in [0.25, 0.3) is 5.91 Å². The molecule has 1 aliphatic carbocycles. The zero-order valence-electron chi connectivity index (χ0n) is 12.9. The van der Waals surface area contributed by atoms with Crippen molar-refractivity contribution in [3.8, 4) is 5.75 Å². The monoisotopic (exact) mass is 288 g/mol. The molecule has 4 nitrogen and oxygen atoms in total. The maximum atomic E-state index is 12.0. The summed E-state index contributed by atoms with van der Waals surface area (Å²) in [7, 11) is 1.59. The topological polar surface area (TPSA) is 50.7 Å². The number of hydrazone groups is 1. The minimum atomic E-state index is -0.183. The first kappa shape index (κ1) is 15.5. The van der Waals surface area contributed by atoms with Crippen LogP contribution in [0, 0.1) is 5.92 Å². The van der Waals surface area contributed by atoms with Gasteiger partial charge in [0, 0.05) is 11.3 Å². The van der Waals surface area contributed by atoms with Crippen molar-refractivity contribution in [2.75, 3.05) is 7.11 Å². The highest BCUT2D eigenvalue weighted by Crippen LogP contribution is 2.25. The molecular weight excluding hydrogens is 264 g/mol. The molecule has 114 valence electrons. The van der Waals surface area contributed by atoms with Gasteiger partial charge >= 0.3 is 0 Å². The average Bonchev–Trinajstić information content (AvgIpc) is 2.54. The lowest BCUT2D eigenvalue weighted by Crippen LogP contribution is -2.22. The van der Waals surface area contributed by atoms with Gasteiger partial charge in [0.2, 0.25) is 0 Å². The van der Waals surface area contributed by atoms with Gasteiger partial charge in [0.1, 0.15) is 5.75 Å². The summed E-state index contributed by atoms with van der Waals surface area (Å²) in [5, 5.41) is 4.29. The summed E-state index contributed by atoms with van der Waals surface area (Å²) in [6, 6.07) is 7.10. The Morgan fingerprint density at radius 1 is 1.38 bits per heavy atom. The summed E-state index contributed by atoms with van der Waals surface area (Å²) in [5.41, 5.74) is 4.34. The number of benzene rings is 1. The summed E-state index contributed by atoms with van der Waals surface area (Å²) < 4.78 is 5.12. The predicted octanol–water partition coefficient (Wildman–Crippen LogP) is 3.77. The minimum Gasteiger partial charge on any atom is -0.497 e. The molecule has 0 spiro atoms. The molecule has 0 saturated heterocycles. The zero-order valence-corrected chi connectivity index (χ0v) is 12.9. The van der Waals surface area contributed by atoms with E-state index in [4.69, 9.17) is 4.74 Å². The smallest absolute Gasteiger partial charge is 0.271 e. The van der Waals surface area contributed by atoms with Gasteiger partial charge in [-0.25, -0.2) is 5.43 Å². The number of methoxy groups -OCH3 is 1. The second kappa shape index (κ2) is 7.81. The number of carbonyl (C=O) groups is 1. The molecule has 0 radical (unpaired) electrons. The van der Waals surface area contributed by atoms with E-state index in [0.717, 1.165) is 24.5 Å². The van der Waals surface area contributed by atoms with Crippen LogP contribution in [0.2, 0.25) is 0 Å². The lowest BCUT2D eigenvalue weighted by molar-refractivity contribution is 0.0954. The predicted molar refractivity (Wildman–Crippen MR) is 84.8 cm³/mol. The van der Waals surface area contributed by atoms with Crippen LogP contribution in [0.1, 0.15) is 55.8 Å². The first-order valence-corrected chi connectivity index (χ1v) is 7.72. The van der Waals surface area contributed by atoms with Gasteiger partial charge in [-0.3, -0.25) is 4.79 Å². The lowest BCUT2D eigenvalue weighted by Gasteiger charge is -2.22. The van der Waals surface area contributed by atoms with E-state index < -0.39 is 0 Å². The molecule has 1 aliphatic rings. The average molecular weight is 288 g/mol. The van der Waals surface area contributed by atoms with Gasteiger partial charge in [0.05, 0.1) is 7.11 Å². The van der Waals surface area contributed by atoms with Crippen molar-refractivity contribution < 1.29 is 9.53 Å². The molecule has 0 heterocycles. The minimum absolute atomic E-state index is 0.183. The highest BCUT2D eigenvalue weighted by Gasteiger charge is 2.17. The molecule has 4 heteroatoms. The molecule has 0 aromatic heterocycles. The van der Waals surface area contributed by atoms with Crippen molar-refractivity contribution in [1.29, 1.82) is 0 Å². The molecule has 1 amide bonds. The molecular formula is C17H24N2O2. The number of nitrogens with one attached hydrogen (secondary N) is 1. The van der Waals surface area contributed by atoms with Crippen LogP contribution in [-0.4, -0.2) is 18.7 Å². The van der Waals surface area contributed by atoms with Crippen molar-refractivity contribution in [3.63, 3.8) is 0 Å². The number of ether oxygens (including phenoxy) is 1. The molecule has 1 saturated carbocycles. The first-order chi connectivity index (χ1) is 10.2. The van der Waals surface area contributed by atoms with E-state index in [1.807, 2.05) is 6.07 Å². The van der Waals surface area contributed by atoms with Crippen molar-refractivity contribution in [1.82, 2.24) is 5.43 Å². The molecule has 21 heavy (non-hydrogen) atoms. The van der Waals surface area contributed by atoms with Crippen LogP contribution in [0.3, 0.4) is 0 Å². The third-order valence-corrected chi connectivity index (χ3v) is 4.03. The van der Waals surface area contributed by atoms with E-state index >= 15 is 0 Å². The van der Waals surface area contributed by atoms with Gasteiger partial charge in [-0.15, -0.1) is 0 Å². The zero-order chi connectivity index (χ0) is 15.1. The summed E-state index contributed by atoms with van der Waals surface area (Å²) in [5.74, 6) is 1.33. The van der Waals surface area contributed by atoms with Crippen LogP contribution in [0.5, 0.6) is 5.75 Å². The Kier molecular flexibility index (Phi) is 5.78. The second-order valence-electron chi connectivity index (χ2n) is 5.58. The summed E-state index contributed by atoms with van der Waals surface area (Å²) >= 11 is 0. The van der Waals surface area contributed by atoms with E-state index in [1.165, 1.54) is 25.7 Å². The second-order valence-corrected chi connectivity index (χ2v) is 5.58. The molecule has 0 bridgehead atoms. The van der Waals surface area contributed by atoms with Gasteiger partial charge in [0.15, 0.2) is 0 Å². The highest BCUT2D eigenvalue weighted by atomic mass is 16.5. The van der Waals surface area contributed by atoms with Crippen LogP contribution in [0.25, 0.3) is 0 Å². The summed E-state index contributed by atoms with van der Waals surface area (Å²) in [4.78, 5) is 12.0. The molecule has 0 aliphatic heterocycles. The summed E-state index contributed by atoms with van der Waals surface area (Å²) in [6.45, 7) is 2.23. The Morgan fingerprint density at radius 3 is 2.81 bits per heavy atom. The van der Waals surface area contributed by atoms with Crippen LogP contribution in [0.15, 0.2) is 29.4 Å². The fourth-order valence-corrected chi connectivity index (χ4v) is 2.78. The molecule has 0 atom stereocenters. The van der Waals surface area contributed by atoms with E-state index in [0.29, 0.717) is 11.3 Å². The Hall–Kier alpha value is -1.84. The van der Waals surface area contributed by atoms with E-state index in [2.05, 4.69) is 17.5 Å². The Bertz CT molecular complexity index is 501. The largest absolute Gasteiger partial charge is 0.497 e. The Morgan fingerprint density at radius 2 is 2.14 bits per heavy atom. The molecule has 1 N–H and O–H groups in total. The molecule has 1 aromatic carbocycles. The number of hydrogen-bond donors (Lipinski definition) is 1. The quantitative estimate of drug-likeness (QED) is 0.838. The molecule has 0 unspecified atom stereocenters. The van der Waals surface area contributed by atoms with E-state index in [1.54, 1.807) is 25.3 Å². The number of rotatable bonds is 5. The van der Waals surface area contributed by atoms with Crippen molar-refractivity contribution in [2.45, 2.75) is 45.4 Å². The van der Waals surface area contributed by atoms with E-state index in [-0.39, 0.29) is 5.91 Å². The normalized spacial score (nSPS) is 18.2. The number of carbonyl (C=O) groups excluding carboxylic acids is 1. The maximum Gasteiger partial charge on any atom is 0.271 e. The van der Waals surface area contributed by atoms with Gasteiger partial charge in [-0.2, -0.15) is 5.10 Å². The number of hydrogen-bond acceptors (Lipinski definition) is 3. The molecule has 1 fully saturated rings. The van der Waals surface area contributed by atoms with Crippen LogP contribution in [-0.2, 0) is 0 Å². The van der Waals surface area contributed by atoms with Crippen LogP contribution < -0.4 is 10.2 Å². The van der Waals surface area contributed by atoms with Crippen molar-refractivity contribution >= 4 is 11.6 Å². The fraction of sp³-hybridized carbons (Fsp3) is 0.529. The molecule has 1 aromatic rings. The molecule has 2 rings (SSSR count). The van der Waals surface area contributed by atoms with Crippen LogP contribution in [0.4, 0.5) is 0 Å². The van der Waals surface area contributed by atoms with E-state index in [9.17, 15) is 4.79 Å². The maximum absolute atomic E-state index is 12.0. The van der Waals surface area contributed by atoms with Gasteiger partial charge in [-0.05, 0) is 49.8 Å². The first-order valence-electron chi connectivity index (χ1n) is 7.72. The lowest BCUT2D eigenvalue weighted by atomic mass is 9.85. The van der Waals surface area contributed by atoms with Gasteiger partial charge in [-0.1, -0.05) is 25.8 Å². The third-order valence-electron chi connectivity index (χ3n) is 4.03. The Labute approximate surface area is 126 Å². The Balaban J connectivity index is 1.87. The number of nitrogens with zero attached hydrogens (tertiary/aromatic N) is 1.